The molecule has 94 valence electrons. The third-order valence-corrected chi connectivity index (χ3v) is 4.11. The molecule has 0 unspecified atom stereocenters. The van der Waals surface area contributed by atoms with Crippen molar-refractivity contribution in [1.82, 2.24) is 0 Å². The van der Waals surface area contributed by atoms with Crippen molar-refractivity contribution >= 4 is 5.69 Å². The second-order valence-electron chi connectivity index (χ2n) is 5.74. The Balaban J connectivity index is 2.40. The summed E-state index contributed by atoms with van der Waals surface area (Å²) in [6.07, 6.45) is 0. The van der Waals surface area contributed by atoms with Crippen LogP contribution in [0.15, 0.2) is 18.2 Å². The van der Waals surface area contributed by atoms with Crippen LogP contribution in [0.4, 0.5) is 10.1 Å². The van der Waals surface area contributed by atoms with E-state index in [1.54, 1.807) is 12.1 Å². The predicted molar refractivity (Wildman–Crippen MR) is 69.8 cm³/mol. The Kier molecular flexibility index (Phi) is 2.90. The van der Waals surface area contributed by atoms with Gasteiger partial charge in [0.05, 0.1) is 0 Å². The van der Waals surface area contributed by atoms with Gasteiger partial charge in [-0.05, 0) is 41.5 Å². The van der Waals surface area contributed by atoms with Crippen LogP contribution in [0.5, 0.6) is 0 Å². The number of halogens is 1. The van der Waals surface area contributed by atoms with E-state index >= 15 is 0 Å². The summed E-state index contributed by atoms with van der Waals surface area (Å²) in [6, 6.07) is 5.06. The van der Waals surface area contributed by atoms with Crippen LogP contribution in [0.2, 0.25) is 0 Å². The molecule has 0 radical (unpaired) electrons. The zero-order chi connectivity index (χ0) is 12.8. The van der Waals surface area contributed by atoms with Gasteiger partial charge in [0, 0.05) is 19.8 Å². The average molecular weight is 236 g/mol. The van der Waals surface area contributed by atoms with Crippen molar-refractivity contribution in [2.45, 2.75) is 19.8 Å². The standard InChI is InChI=1S/C14H21FN2/c1-14(2)11(8-16)13(14)10-6-5-9(15)7-12(10)17(3)4/h5-7,11,13H,8,16H2,1-4H3/t11-,13-/m0/s1. The Labute approximate surface area is 103 Å². The number of nitrogens with zero attached hydrogens (tertiary/aromatic N) is 1. The van der Waals surface area contributed by atoms with Gasteiger partial charge in [-0.15, -0.1) is 0 Å². The molecule has 0 amide bonds. The van der Waals surface area contributed by atoms with Gasteiger partial charge in [0.2, 0.25) is 0 Å². The first-order valence-corrected chi connectivity index (χ1v) is 6.06. The van der Waals surface area contributed by atoms with Crippen molar-refractivity contribution < 1.29 is 4.39 Å². The van der Waals surface area contributed by atoms with Crippen molar-refractivity contribution in [2.24, 2.45) is 17.1 Å². The van der Waals surface area contributed by atoms with E-state index in [1.165, 1.54) is 5.56 Å². The van der Waals surface area contributed by atoms with Gasteiger partial charge in [-0.25, -0.2) is 4.39 Å². The minimum atomic E-state index is -0.180. The van der Waals surface area contributed by atoms with E-state index in [1.807, 2.05) is 25.1 Å². The largest absolute Gasteiger partial charge is 0.377 e. The molecule has 2 nitrogen and oxygen atoms in total. The molecule has 0 aliphatic heterocycles. The molecule has 1 aliphatic rings. The van der Waals surface area contributed by atoms with Gasteiger partial charge in [0.25, 0.3) is 0 Å². The molecule has 0 heterocycles. The van der Waals surface area contributed by atoms with Crippen LogP contribution in [-0.4, -0.2) is 20.6 Å². The Morgan fingerprint density at radius 1 is 1.35 bits per heavy atom. The first-order chi connectivity index (χ1) is 7.89. The molecule has 2 rings (SSSR count). The van der Waals surface area contributed by atoms with Crippen LogP contribution in [0.25, 0.3) is 0 Å². The lowest BCUT2D eigenvalue weighted by Crippen LogP contribution is -2.12. The maximum atomic E-state index is 13.3. The molecule has 1 fully saturated rings. The molecular weight excluding hydrogens is 215 g/mol. The molecule has 0 bridgehead atoms. The van der Waals surface area contributed by atoms with E-state index in [2.05, 4.69) is 13.8 Å². The molecule has 3 heteroatoms. The highest BCUT2D eigenvalue weighted by molar-refractivity contribution is 5.57. The van der Waals surface area contributed by atoms with Gasteiger partial charge in [0.1, 0.15) is 5.82 Å². The summed E-state index contributed by atoms with van der Waals surface area (Å²) in [5.41, 5.74) is 8.23. The highest BCUT2D eigenvalue weighted by atomic mass is 19.1. The Bertz CT molecular complexity index is 426. The van der Waals surface area contributed by atoms with Crippen molar-refractivity contribution in [2.75, 3.05) is 25.5 Å². The van der Waals surface area contributed by atoms with E-state index in [-0.39, 0.29) is 11.2 Å². The fourth-order valence-electron chi connectivity index (χ4n) is 2.97. The summed E-state index contributed by atoms with van der Waals surface area (Å²) in [5.74, 6) is 0.775. The second kappa shape index (κ2) is 3.98. The predicted octanol–water partition coefficient (Wildman–Crippen LogP) is 2.59. The van der Waals surface area contributed by atoms with Gasteiger partial charge in [-0.3, -0.25) is 0 Å². The summed E-state index contributed by atoms with van der Waals surface area (Å²) in [4.78, 5) is 1.97. The minimum absolute atomic E-state index is 0.180. The van der Waals surface area contributed by atoms with E-state index in [0.717, 1.165) is 5.69 Å². The van der Waals surface area contributed by atoms with E-state index in [0.29, 0.717) is 18.4 Å². The van der Waals surface area contributed by atoms with Gasteiger partial charge in [-0.1, -0.05) is 19.9 Å². The lowest BCUT2D eigenvalue weighted by atomic mass is 10.0. The van der Waals surface area contributed by atoms with Crippen LogP contribution >= 0.6 is 0 Å². The van der Waals surface area contributed by atoms with Crippen molar-refractivity contribution in [3.8, 4) is 0 Å². The third kappa shape index (κ3) is 1.93. The van der Waals surface area contributed by atoms with Crippen LogP contribution < -0.4 is 10.6 Å². The Hall–Kier alpha value is -1.09. The van der Waals surface area contributed by atoms with Crippen molar-refractivity contribution in [1.29, 1.82) is 0 Å². The number of nitrogens with two attached hydrogens (primary N) is 1. The van der Waals surface area contributed by atoms with Gasteiger partial charge in [0.15, 0.2) is 0 Å². The van der Waals surface area contributed by atoms with Gasteiger partial charge in [-0.2, -0.15) is 0 Å². The molecule has 0 spiro atoms. The topological polar surface area (TPSA) is 29.3 Å². The molecule has 1 aromatic carbocycles. The summed E-state index contributed by atoms with van der Waals surface area (Å²) in [6.45, 7) is 5.16. The lowest BCUT2D eigenvalue weighted by Gasteiger charge is -2.18. The second-order valence-corrected chi connectivity index (χ2v) is 5.74. The molecular formula is C14H21FN2. The molecule has 1 saturated carbocycles. The summed E-state index contributed by atoms with van der Waals surface area (Å²) >= 11 is 0. The molecule has 1 aromatic rings. The van der Waals surface area contributed by atoms with Gasteiger partial charge < -0.3 is 10.6 Å². The highest BCUT2D eigenvalue weighted by Crippen LogP contribution is 2.65. The molecule has 2 atom stereocenters. The van der Waals surface area contributed by atoms with Crippen LogP contribution in [-0.2, 0) is 0 Å². The molecule has 2 N–H and O–H groups in total. The quantitative estimate of drug-likeness (QED) is 0.874. The fraction of sp³-hybridized carbons (Fsp3) is 0.571. The van der Waals surface area contributed by atoms with E-state index in [9.17, 15) is 4.39 Å². The average Bonchev–Trinajstić information content (AvgIpc) is 2.80. The minimum Gasteiger partial charge on any atom is -0.377 e. The maximum Gasteiger partial charge on any atom is 0.125 e. The normalized spacial score (nSPS) is 25.8. The maximum absolute atomic E-state index is 13.3. The monoisotopic (exact) mass is 236 g/mol. The number of benzene rings is 1. The zero-order valence-corrected chi connectivity index (χ0v) is 11.0. The smallest absolute Gasteiger partial charge is 0.125 e. The first-order valence-electron chi connectivity index (χ1n) is 6.06. The van der Waals surface area contributed by atoms with Crippen LogP contribution in [0, 0.1) is 17.2 Å². The van der Waals surface area contributed by atoms with Crippen molar-refractivity contribution in [3.63, 3.8) is 0 Å². The molecule has 0 aromatic heterocycles. The van der Waals surface area contributed by atoms with Crippen LogP contribution in [0.3, 0.4) is 0 Å². The number of rotatable bonds is 3. The number of hydrogen-bond acceptors (Lipinski definition) is 2. The first kappa shape index (κ1) is 12.4. The summed E-state index contributed by atoms with van der Waals surface area (Å²) < 4.78 is 13.3. The van der Waals surface area contributed by atoms with Gasteiger partial charge >= 0.3 is 0 Å². The third-order valence-electron chi connectivity index (χ3n) is 4.11. The Morgan fingerprint density at radius 2 is 2.00 bits per heavy atom. The van der Waals surface area contributed by atoms with Crippen LogP contribution in [0.1, 0.15) is 25.3 Å². The Morgan fingerprint density at radius 3 is 2.47 bits per heavy atom. The summed E-state index contributed by atoms with van der Waals surface area (Å²) in [5, 5.41) is 0. The number of anilines is 1. The zero-order valence-electron chi connectivity index (χ0n) is 11.0. The van der Waals surface area contributed by atoms with E-state index < -0.39 is 0 Å². The van der Waals surface area contributed by atoms with Crippen molar-refractivity contribution in [3.05, 3.63) is 29.6 Å². The lowest BCUT2D eigenvalue weighted by molar-refractivity contribution is 0.558. The highest BCUT2D eigenvalue weighted by Gasteiger charge is 2.57. The fourth-order valence-corrected chi connectivity index (χ4v) is 2.97. The molecule has 17 heavy (non-hydrogen) atoms. The molecule has 0 saturated heterocycles. The van der Waals surface area contributed by atoms with E-state index in [4.69, 9.17) is 5.73 Å². The summed E-state index contributed by atoms with van der Waals surface area (Å²) in [7, 11) is 3.90. The SMILES string of the molecule is CN(C)c1cc(F)ccc1[C@H]1[C@H](CN)C1(C)C. The molecule has 1 aliphatic carbocycles. The number of hydrogen-bond donors (Lipinski definition) is 1.